The SMILES string of the molecule is CCOC(=O)N1CCC(N2CCN(Cc3ccccc3)C[C@H](O)C2)CC1. The van der Waals surface area contributed by atoms with Gasteiger partial charge in [-0.3, -0.25) is 9.80 Å². The van der Waals surface area contributed by atoms with Crippen molar-refractivity contribution in [2.45, 2.75) is 38.5 Å². The minimum Gasteiger partial charge on any atom is -0.450 e. The Morgan fingerprint density at radius 3 is 2.54 bits per heavy atom. The summed E-state index contributed by atoms with van der Waals surface area (Å²) in [5.74, 6) is 0. The highest BCUT2D eigenvalue weighted by Crippen LogP contribution is 2.20. The Morgan fingerprint density at radius 1 is 1.12 bits per heavy atom. The molecule has 0 radical (unpaired) electrons. The Hall–Kier alpha value is -1.63. The van der Waals surface area contributed by atoms with Crippen LogP contribution in [0.2, 0.25) is 0 Å². The van der Waals surface area contributed by atoms with Gasteiger partial charge in [-0.05, 0) is 25.3 Å². The zero-order chi connectivity index (χ0) is 18.4. The molecule has 0 aliphatic carbocycles. The summed E-state index contributed by atoms with van der Waals surface area (Å²) in [6.45, 7) is 7.99. The van der Waals surface area contributed by atoms with Crippen LogP contribution in [-0.4, -0.2) is 83.9 Å². The minimum absolute atomic E-state index is 0.198. The van der Waals surface area contributed by atoms with Crippen molar-refractivity contribution >= 4 is 6.09 Å². The third kappa shape index (κ3) is 5.19. The summed E-state index contributed by atoms with van der Waals surface area (Å²) in [6, 6.07) is 10.9. The van der Waals surface area contributed by atoms with Crippen molar-refractivity contribution in [2.75, 3.05) is 45.9 Å². The number of benzene rings is 1. The Balaban J connectivity index is 1.50. The predicted molar refractivity (Wildman–Crippen MR) is 101 cm³/mol. The molecule has 0 spiro atoms. The average molecular weight is 361 g/mol. The third-order valence-electron chi connectivity index (χ3n) is 5.37. The molecule has 1 aromatic carbocycles. The van der Waals surface area contributed by atoms with Gasteiger partial charge in [0, 0.05) is 51.9 Å². The maximum Gasteiger partial charge on any atom is 0.409 e. The molecule has 3 rings (SSSR count). The van der Waals surface area contributed by atoms with Gasteiger partial charge in [0.1, 0.15) is 0 Å². The molecule has 6 nitrogen and oxygen atoms in total. The number of aliphatic hydroxyl groups is 1. The van der Waals surface area contributed by atoms with Crippen molar-refractivity contribution in [2.24, 2.45) is 0 Å². The number of nitrogens with zero attached hydrogens (tertiary/aromatic N) is 3. The zero-order valence-electron chi connectivity index (χ0n) is 15.7. The van der Waals surface area contributed by atoms with E-state index in [-0.39, 0.29) is 12.2 Å². The summed E-state index contributed by atoms with van der Waals surface area (Å²) in [5, 5.41) is 10.5. The fourth-order valence-electron chi connectivity index (χ4n) is 4.02. The molecule has 0 bridgehead atoms. The molecule has 0 saturated carbocycles. The second-order valence-corrected chi connectivity index (χ2v) is 7.29. The van der Waals surface area contributed by atoms with Crippen LogP contribution in [0, 0.1) is 0 Å². The van der Waals surface area contributed by atoms with Gasteiger partial charge in [0.15, 0.2) is 0 Å². The van der Waals surface area contributed by atoms with Gasteiger partial charge in [-0.1, -0.05) is 30.3 Å². The molecule has 1 amide bonds. The number of β-amino-alcohol motifs (C(OH)–C–C–N with tert-alkyl or cyclic N) is 1. The quantitative estimate of drug-likeness (QED) is 0.886. The lowest BCUT2D eigenvalue weighted by molar-refractivity contribution is 0.0577. The standard InChI is InChI=1S/C20H31N3O3/c1-2-26-20(25)22-10-8-18(9-11-22)23-13-12-21(15-19(24)16-23)14-17-6-4-3-5-7-17/h3-7,18-19,24H,2,8-16H2,1H3/t19-/m0/s1. The Bertz CT molecular complexity index is 561. The second kappa shape index (κ2) is 9.35. The fourth-order valence-corrected chi connectivity index (χ4v) is 4.02. The Labute approximate surface area is 156 Å². The normalized spacial score (nSPS) is 23.6. The molecule has 1 N–H and O–H groups in total. The molecule has 2 aliphatic rings. The molecule has 26 heavy (non-hydrogen) atoms. The number of ether oxygens (including phenoxy) is 1. The van der Waals surface area contributed by atoms with E-state index in [2.05, 4.69) is 34.1 Å². The van der Waals surface area contributed by atoms with E-state index in [9.17, 15) is 9.90 Å². The van der Waals surface area contributed by atoms with Crippen LogP contribution >= 0.6 is 0 Å². The number of amides is 1. The number of rotatable bonds is 4. The highest BCUT2D eigenvalue weighted by molar-refractivity contribution is 5.67. The van der Waals surface area contributed by atoms with Crippen LogP contribution < -0.4 is 0 Å². The first kappa shape index (κ1) is 19.1. The summed E-state index contributed by atoms with van der Waals surface area (Å²) in [7, 11) is 0. The second-order valence-electron chi connectivity index (χ2n) is 7.29. The molecular formula is C20H31N3O3. The van der Waals surface area contributed by atoms with Crippen LogP contribution in [0.4, 0.5) is 4.79 Å². The lowest BCUT2D eigenvalue weighted by Crippen LogP contribution is -2.48. The van der Waals surface area contributed by atoms with Gasteiger partial charge in [-0.25, -0.2) is 4.79 Å². The van der Waals surface area contributed by atoms with Crippen LogP contribution in [0.5, 0.6) is 0 Å². The van der Waals surface area contributed by atoms with E-state index in [1.165, 1.54) is 5.56 Å². The van der Waals surface area contributed by atoms with Crippen molar-refractivity contribution in [1.82, 2.24) is 14.7 Å². The van der Waals surface area contributed by atoms with E-state index in [0.29, 0.717) is 19.2 Å². The number of hydrogen-bond donors (Lipinski definition) is 1. The molecule has 2 heterocycles. The van der Waals surface area contributed by atoms with E-state index in [1.54, 1.807) is 4.90 Å². The van der Waals surface area contributed by atoms with E-state index >= 15 is 0 Å². The minimum atomic E-state index is -0.329. The van der Waals surface area contributed by atoms with Gasteiger partial charge in [-0.2, -0.15) is 0 Å². The van der Waals surface area contributed by atoms with Crippen LogP contribution in [0.1, 0.15) is 25.3 Å². The molecular weight excluding hydrogens is 330 g/mol. The summed E-state index contributed by atoms with van der Waals surface area (Å²) in [5.41, 5.74) is 1.29. The molecule has 2 aliphatic heterocycles. The first-order valence-electron chi connectivity index (χ1n) is 9.75. The van der Waals surface area contributed by atoms with E-state index in [0.717, 1.165) is 52.1 Å². The summed E-state index contributed by atoms with van der Waals surface area (Å²) < 4.78 is 5.10. The molecule has 6 heteroatoms. The molecule has 0 unspecified atom stereocenters. The third-order valence-corrected chi connectivity index (χ3v) is 5.37. The lowest BCUT2D eigenvalue weighted by Gasteiger charge is -2.38. The number of likely N-dealkylation sites (tertiary alicyclic amines) is 1. The topological polar surface area (TPSA) is 56.2 Å². The van der Waals surface area contributed by atoms with Crippen molar-refractivity contribution in [3.8, 4) is 0 Å². The first-order chi connectivity index (χ1) is 12.7. The van der Waals surface area contributed by atoms with Gasteiger partial charge in [-0.15, -0.1) is 0 Å². The predicted octanol–water partition coefficient (Wildman–Crippen LogP) is 1.79. The maximum atomic E-state index is 11.8. The van der Waals surface area contributed by atoms with Gasteiger partial charge < -0.3 is 14.7 Å². The van der Waals surface area contributed by atoms with E-state index in [1.807, 2.05) is 13.0 Å². The number of aliphatic hydroxyl groups excluding tert-OH is 1. The van der Waals surface area contributed by atoms with Crippen molar-refractivity contribution in [3.05, 3.63) is 35.9 Å². The van der Waals surface area contributed by atoms with Crippen LogP contribution in [-0.2, 0) is 11.3 Å². The smallest absolute Gasteiger partial charge is 0.409 e. The molecule has 1 atom stereocenters. The van der Waals surface area contributed by atoms with Crippen molar-refractivity contribution in [1.29, 1.82) is 0 Å². The highest BCUT2D eigenvalue weighted by atomic mass is 16.6. The number of carbonyl (C=O) groups excluding carboxylic acids is 1. The molecule has 144 valence electrons. The Morgan fingerprint density at radius 2 is 1.85 bits per heavy atom. The van der Waals surface area contributed by atoms with Crippen LogP contribution in [0.25, 0.3) is 0 Å². The van der Waals surface area contributed by atoms with Gasteiger partial charge >= 0.3 is 6.09 Å². The van der Waals surface area contributed by atoms with Crippen LogP contribution in [0.15, 0.2) is 30.3 Å². The zero-order valence-corrected chi connectivity index (χ0v) is 15.7. The molecule has 2 saturated heterocycles. The van der Waals surface area contributed by atoms with E-state index in [4.69, 9.17) is 4.74 Å². The van der Waals surface area contributed by atoms with Crippen molar-refractivity contribution in [3.63, 3.8) is 0 Å². The van der Waals surface area contributed by atoms with Gasteiger partial charge in [0.2, 0.25) is 0 Å². The van der Waals surface area contributed by atoms with Gasteiger partial charge in [0.05, 0.1) is 12.7 Å². The van der Waals surface area contributed by atoms with Crippen LogP contribution in [0.3, 0.4) is 0 Å². The molecule has 0 aromatic heterocycles. The first-order valence-corrected chi connectivity index (χ1v) is 9.75. The monoisotopic (exact) mass is 361 g/mol. The number of carbonyl (C=O) groups is 1. The summed E-state index contributed by atoms with van der Waals surface area (Å²) >= 11 is 0. The largest absolute Gasteiger partial charge is 0.450 e. The highest BCUT2D eigenvalue weighted by Gasteiger charge is 2.30. The van der Waals surface area contributed by atoms with Crippen molar-refractivity contribution < 1.29 is 14.6 Å². The Kier molecular flexibility index (Phi) is 6.88. The molecule has 2 fully saturated rings. The van der Waals surface area contributed by atoms with E-state index < -0.39 is 0 Å². The summed E-state index contributed by atoms with van der Waals surface area (Å²) in [4.78, 5) is 18.4. The maximum absolute atomic E-state index is 11.8. The molecule has 1 aromatic rings. The number of hydrogen-bond acceptors (Lipinski definition) is 5. The fraction of sp³-hybridized carbons (Fsp3) is 0.650. The average Bonchev–Trinajstić information content (AvgIpc) is 2.84. The number of piperidine rings is 1. The van der Waals surface area contributed by atoms with Gasteiger partial charge in [0.25, 0.3) is 0 Å². The lowest BCUT2D eigenvalue weighted by atomic mass is 10.0. The summed E-state index contributed by atoms with van der Waals surface area (Å²) in [6.07, 6.45) is 1.37.